The zero-order chi connectivity index (χ0) is 28.9. The molecule has 0 saturated heterocycles. The second-order valence-corrected chi connectivity index (χ2v) is 13.4. The third-order valence-electron chi connectivity index (χ3n) is 11.9. The fourth-order valence-corrected chi connectivity index (χ4v) is 10.1. The van der Waals surface area contributed by atoms with E-state index in [1.165, 1.54) is 20.0 Å². The quantitative estimate of drug-likeness (QED) is 0.192. The molecule has 11 atom stereocenters. The smallest absolute Gasteiger partial charge is 0.305 e. The Morgan fingerprint density at radius 3 is 2.20 bits per heavy atom. The Morgan fingerprint density at radius 2 is 1.52 bits per heavy atom. The first-order valence-electron chi connectivity index (χ1n) is 15.7. The second-order valence-electron chi connectivity index (χ2n) is 13.4. The van der Waals surface area contributed by atoms with Crippen LogP contribution in [0.5, 0.6) is 0 Å². The number of hydrogen-bond acceptors (Lipinski definition) is 8. The summed E-state index contributed by atoms with van der Waals surface area (Å²) in [5.41, 5.74) is 0.203. The fourth-order valence-electron chi connectivity index (χ4n) is 10.1. The zero-order valence-electron chi connectivity index (χ0n) is 26.2. The summed E-state index contributed by atoms with van der Waals surface area (Å²) in [6.45, 7) is 8.37. The predicted molar refractivity (Wildman–Crippen MR) is 151 cm³/mol. The molecule has 0 aromatic rings. The molecular weight excluding hydrogens is 512 g/mol. The first-order valence-corrected chi connectivity index (χ1v) is 15.7. The van der Waals surface area contributed by atoms with Crippen LogP contribution in [0.25, 0.3) is 0 Å². The highest BCUT2D eigenvalue weighted by Crippen LogP contribution is 2.70. The first kappa shape index (κ1) is 32.2. The summed E-state index contributed by atoms with van der Waals surface area (Å²) in [5, 5.41) is 0. The molecule has 4 saturated carbocycles. The average Bonchev–Trinajstić information content (AvgIpc) is 3.30. The van der Waals surface area contributed by atoms with Crippen LogP contribution in [0.15, 0.2) is 0 Å². The molecule has 8 nitrogen and oxygen atoms in total. The Kier molecular flexibility index (Phi) is 11.4. The minimum absolute atomic E-state index is 0.00473. The highest BCUT2D eigenvalue weighted by molar-refractivity contribution is 5.68. The lowest BCUT2D eigenvalue weighted by molar-refractivity contribution is -0.265. The monoisotopic (exact) mass is 568 g/mol. The van der Waals surface area contributed by atoms with E-state index in [9.17, 15) is 4.79 Å². The van der Waals surface area contributed by atoms with Gasteiger partial charge in [0.15, 0.2) is 0 Å². The standard InChI is InChI=1S/C32H56O8/c1-8-23-25-16-22(38-18-34-4)14-15-31(25,2)26-17-27(39-19-35-5)32(3)21(10-9-11-28(33)37-7)12-13-24(32)29(26)30(23)40-20-36-6/h21-27,29-30H,8-20H2,1-7H3/t21-,22+,23+,24?,25-,26?,27-,29?,30+,31-,32+/m0/s1. The lowest BCUT2D eigenvalue weighted by Gasteiger charge is -2.66. The molecule has 4 aliphatic rings. The molecule has 232 valence electrons. The summed E-state index contributed by atoms with van der Waals surface area (Å²) in [7, 11) is 6.62. The highest BCUT2D eigenvalue weighted by Gasteiger charge is 2.67. The molecule has 40 heavy (non-hydrogen) atoms. The number of hydrogen-bond donors (Lipinski definition) is 0. The molecule has 0 amide bonds. The van der Waals surface area contributed by atoms with Crippen molar-refractivity contribution in [2.75, 3.05) is 48.8 Å². The molecule has 4 rings (SSSR count). The fraction of sp³-hybridized carbons (Fsp3) is 0.969. The van der Waals surface area contributed by atoms with Crippen LogP contribution in [0.4, 0.5) is 0 Å². The van der Waals surface area contributed by atoms with Gasteiger partial charge in [0.25, 0.3) is 0 Å². The van der Waals surface area contributed by atoms with Gasteiger partial charge in [0, 0.05) is 27.8 Å². The zero-order valence-corrected chi connectivity index (χ0v) is 26.2. The maximum absolute atomic E-state index is 11.9. The van der Waals surface area contributed by atoms with Gasteiger partial charge in [0.05, 0.1) is 25.4 Å². The molecule has 0 aromatic carbocycles. The summed E-state index contributed by atoms with van der Waals surface area (Å²) in [6, 6.07) is 0. The van der Waals surface area contributed by atoms with Gasteiger partial charge in [-0.1, -0.05) is 27.2 Å². The third kappa shape index (κ3) is 6.00. The normalized spacial score (nSPS) is 42.6. The van der Waals surface area contributed by atoms with E-state index in [0.717, 1.165) is 44.9 Å². The summed E-state index contributed by atoms with van der Waals surface area (Å²) >= 11 is 0. The van der Waals surface area contributed by atoms with E-state index in [4.69, 9.17) is 33.2 Å². The number of methoxy groups -OCH3 is 4. The number of esters is 1. The van der Waals surface area contributed by atoms with Crippen molar-refractivity contribution >= 4 is 5.97 Å². The molecule has 0 heterocycles. The lowest BCUT2D eigenvalue weighted by Crippen LogP contribution is -2.65. The van der Waals surface area contributed by atoms with Gasteiger partial charge in [-0.2, -0.15) is 0 Å². The molecule has 0 radical (unpaired) electrons. The van der Waals surface area contributed by atoms with Gasteiger partial charge in [0.2, 0.25) is 0 Å². The summed E-state index contributed by atoms with van der Waals surface area (Å²) in [4.78, 5) is 11.9. The van der Waals surface area contributed by atoms with E-state index in [1.54, 1.807) is 21.3 Å². The minimum atomic E-state index is -0.120. The van der Waals surface area contributed by atoms with Crippen LogP contribution in [0, 0.1) is 46.3 Å². The van der Waals surface area contributed by atoms with Crippen LogP contribution in [-0.2, 0) is 38.0 Å². The van der Waals surface area contributed by atoms with Crippen molar-refractivity contribution < 1.29 is 38.0 Å². The SMILES string of the molecule is CC[C@H]1[C@@H](OCOC)C2C3CC[C@H](CCCC(=O)OC)[C@@]3(C)[C@@H](OCOC)CC2[C@@]2(C)CC[C@@H](OCOC)C[C@@H]12. The largest absolute Gasteiger partial charge is 0.469 e. The molecule has 4 aliphatic carbocycles. The molecule has 0 N–H and O–H groups in total. The van der Waals surface area contributed by atoms with Crippen LogP contribution >= 0.6 is 0 Å². The molecule has 0 spiro atoms. The summed E-state index contributed by atoms with van der Waals surface area (Å²) < 4.78 is 40.7. The van der Waals surface area contributed by atoms with E-state index in [1.807, 2.05) is 0 Å². The topological polar surface area (TPSA) is 81.7 Å². The van der Waals surface area contributed by atoms with Gasteiger partial charge in [-0.15, -0.1) is 0 Å². The van der Waals surface area contributed by atoms with Gasteiger partial charge in [-0.05, 0) is 97.7 Å². The Labute approximate surface area is 242 Å². The van der Waals surface area contributed by atoms with Crippen molar-refractivity contribution in [3.05, 3.63) is 0 Å². The molecule has 0 aromatic heterocycles. The molecule has 8 heteroatoms. The van der Waals surface area contributed by atoms with Crippen molar-refractivity contribution in [2.45, 2.75) is 103 Å². The van der Waals surface area contributed by atoms with Crippen LogP contribution < -0.4 is 0 Å². The number of fused-ring (bicyclic) bond motifs is 5. The molecule has 3 unspecified atom stereocenters. The van der Waals surface area contributed by atoms with Gasteiger partial charge < -0.3 is 33.2 Å². The van der Waals surface area contributed by atoms with E-state index in [0.29, 0.717) is 62.3 Å². The van der Waals surface area contributed by atoms with Gasteiger partial charge >= 0.3 is 5.97 Å². The maximum Gasteiger partial charge on any atom is 0.305 e. The Hall–Kier alpha value is -0.770. The lowest BCUT2D eigenvalue weighted by atomic mass is 9.41. The van der Waals surface area contributed by atoms with Crippen LogP contribution in [0.2, 0.25) is 0 Å². The van der Waals surface area contributed by atoms with Crippen LogP contribution in [-0.4, -0.2) is 73.1 Å². The van der Waals surface area contributed by atoms with E-state index < -0.39 is 0 Å². The summed E-state index contributed by atoms with van der Waals surface area (Å²) in [6.07, 6.45) is 10.6. The Morgan fingerprint density at radius 1 is 0.825 bits per heavy atom. The van der Waals surface area contributed by atoms with Crippen LogP contribution in [0.1, 0.15) is 85.0 Å². The van der Waals surface area contributed by atoms with E-state index in [2.05, 4.69) is 20.8 Å². The van der Waals surface area contributed by atoms with Crippen molar-refractivity contribution in [3.8, 4) is 0 Å². The average molecular weight is 569 g/mol. The molecule has 0 aliphatic heterocycles. The van der Waals surface area contributed by atoms with Crippen molar-refractivity contribution in [1.82, 2.24) is 0 Å². The molecular formula is C32H56O8. The Bertz CT molecular complexity index is 808. The predicted octanol–water partition coefficient (Wildman–Crippen LogP) is 5.81. The number of rotatable bonds is 14. The maximum atomic E-state index is 11.9. The summed E-state index contributed by atoms with van der Waals surface area (Å²) in [5.74, 6) is 2.79. The molecule has 0 bridgehead atoms. The highest BCUT2D eigenvalue weighted by atomic mass is 16.7. The first-order chi connectivity index (χ1) is 19.3. The number of carbonyl (C=O) groups excluding carboxylic acids is 1. The number of carbonyl (C=O) groups is 1. The number of ether oxygens (including phenoxy) is 7. The second kappa shape index (κ2) is 14.1. The molecule has 4 fully saturated rings. The van der Waals surface area contributed by atoms with Crippen molar-refractivity contribution in [3.63, 3.8) is 0 Å². The van der Waals surface area contributed by atoms with Gasteiger partial charge in [-0.25, -0.2) is 0 Å². The van der Waals surface area contributed by atoms with Crippen molar-refractivity contribution in [1.29, 1.82) is 0 Å². The van der Waals surface area contributed by atoms with Gasteiger partial charge in [-0.3, -0.25) is 4.79 Å². The third-order valence-corrected chi connectivity index (χ3v) is 11.9. The Balaban J connectivity index is 1.69. The van der Waals surface area contributed by atoms with E-state index >= 15 is 0 Å². The minimum Gasteiger partial charge on any atom is -0.469 e. The van der Waals surface area contributed by atoms with Gasteiger partial charge in [0.1, 0.15) is 20.4 Å². The van der Waals surface area contributed by atoms with Crippen LogP contribution in [0.3, 0.4) is 0 Å². The van der Waals surface area contributed by atoms with E-state index in [-0.39, 0.29) is 35.1 Å². The van der Waals surface area contributed by atoms with Crippen molar-refractivity contribution in [2.24, 2.45) is 46.3 Å².